The second-order valence-corrected chi connectivity index (χ2v) is 5.02. The zero-order valence-electron chi connectivity index (χ0n) is 11.9. The summed E-state index contributed by atoms with van der Waals surface area (Å²) in [5.41, 5.74) is 9.59. The summed E-state index contributed by atoms with van der Waals surface area (Å²) in [6, 6.07) is 8.25. The van der Waals surface area contributed by atoms with Crippen molar-refractivity contribution >= 4 is 0 Å². The van der Waals surface area contributed by atoms with E-state index in [9.17, 15) is 0 Å². The second kappa shape index (κ2) is 5.45. The molecule has 1 unspecified atom stereocenters. The van der Waals surface area contributed by atoms with Crippen molar-refractivity contribution in [1.82, 2.24) is 9.78 Å². The lowest BCUT2D eigenvalue weighted by atomic mass is 10.0. The van der Waals surface area contributed by atoms with E-state index in [4.69, 9.17) is 10.5 Å². The van der Waals surface area contributed by atoms with Gasteiger partial charge in [-0.2, -0.15) is 5.10 Å². The molecular formula is C15H21N3O. The highest BCUT2D eigenvalue weighted by Gasteiger charge is 2.21. The maximum atomic E-state index is 6.38. The van der Waals surface area contributed by atoms with E-state index in [2.05, 4.69) is 50.1 Å². The Kier molecular flexibility index (Phi) is 3.90. The van der Waals surface area contributed by atoms with Crippen LogP contribution in [0.2, 0.25) is 0 Å². The molecule has 0 aliphatic rings. The van der Waals surface area contributed by atoms with E-state index >= 15 is 0 Å². The SMILES string of the molecule is COc1cnn(C(C)C)c1C(N)c1ccc(C)cc1. The van der Waals surface area contributed by atoms with Gasteiger partial charge in [-0.25, -0.2) is 0 Å². The van der Waals surface area contributed by atoms with Gasteiger partial charge in [0, 0.05) is 6.04 Å². The van der Waals surface area contributed by atoms with Crippen molar-refractivity contribution in [2.45, 2.75) is 32.9 Å². The number of methoxy groups -OCH3 is 1. The third kappa shape index (κ3) is 2.63. The van der Waals surface area contributed by atoms with Crippen molar-refractivity contribution in [2.24, 2.45) is 5.73 Å². The molecule has 19 heavy (non-hydrogen) atoms. The van der Waals surface area contributed by atoms with Crippen LogP contribution in [0.5, 0.6) is 5.75 Å². The van der Waals surface area contributed by atoms with E-state index in [-0.39, 0.29) is 12.1 Å². The summed E-state index contributed by atoms with van der Waals surface area (Å²) in [4.78, 5) is 0. The summed E-state index contributed by atoms with van der Waals surface area (Å²) < 4.78 is 7.30. The maximum Gasteiger partial charge on any atom is 0.161 e. The Morgan fingerprint density at radius 1 is 1.21 bits per heavy atom. The van der Waals surface area contributed by atoms with E-state index < -0.39 is 0 Å². The summed E-state index contributed by atoms with van der Waals surface area (Å²) in [5, 5.41) is 4.36. The van der Waals surface area contributed by atoms with Gasteiger partial charge in [-0.15, -0.1) is 0 Å². The minimum atomic E-state index is -0.236. The highest BCUT2D eigenvalue weighted by molar-refractivity contribution is 5.37. The third-order valence-corrected chi connectivity index (χ3v) is 3.24. The van der Waals surface area contributed by atoms with Crippen molar-refractivity contribution in [3.8, 4) is 5.75 Å². The molecule has 1 heterocycles. The molecule has 2 N–H and O–H groups in total. The number of nitrogens with two attached hydrogens (primary N) is 1. The molecule has 0 radical (unpaired) electrons. The van der Waals surface area contributed by atoms with Crippen LogP contribution in [0.1, 0.15) is 42.8 Å². The number of benzene rings is 1. The number of rotatable bonds is 4. The Hall–Kier alpha value is -1.81. The van der Waals surface area contributed by atoms with Crippen LogP contribution in [0.3, 0.4) is 0 Å². The average Bonchev–Trinajstić information content (AvgIpc) is 2.82. The number of ether oxygens (including phenoxy) is 1. The number of aromatic nitrogens is 2. The topological polar surface area (TPSA) is 53.1 Å². The van der Waals surface area contributed by atoms with E-state index in [0.717, 1.165) is 17.0 Å². The van der Waals surface area contributed by atoms with Crippen LogP contribution in [0.25, 0.3) is 0 Å². The van der Waals surface area contributed by atoms with Crippen LogP contribution in [0, 0.1) is 6.92 Å². The Morgan fingerprint density at radius 2 is 1.84 bits per heavy atom. The van der Waals surface area contributed by atoms with Gasteiger partial charge in [0.1, 0.15) is 5.69 Å². The molecule has 0 spiro atoms. The van der Waals surface area contributed by atoms with Crippen molar-refractivity contribution in [2.75, 3.05) is 7.11 Å². The Labute approximate surface area is 114 Å². The van der Waals surface area contributed by atoms with Gasteiger partial charge in [0.2, 0.25) is 0 Å². The van der Waals surface area contributed by atoms with E-state index in [1.54, 1.807) is 13.3 Å². The summed E-state index contributed by atoms with van der Waals surface area (Å²) in [6.07, 6.45) is 1.73. The van der Waals surface area contributed by atoms with Crippen LogP contribution in [-0.2, 0) is 0 Å². The van der Waals surface area contributed by atoms with Crippen LogP contribution < -0.4 is 10.5 Å². The molecule has 0 aliphatic carbocycles. The van der Waals surface area contributed by atoms with E-state index in [1.165, 1.54) is 5.56 Å². The second-order valence-electron chi connectivity index (χ2n) is 5.02. The zero-order valence-corrected chi connectivity index (χ0v) is 11.9. The highest BCUT2D eigenvalue weighted by atomic mass is 16.5. The first-order chi connectivity index (χ1) is 9.04. The van der Waals surface area contributed by atoms with Gasteiger partial charge in [-0.05, 0) is 26.3 Å². The average molecular weight is 259 g/mol. The summed E-state index contributed by atoms with van der Waals surface area (Å²) in [7, 11) is 1.65. The predicted molar refractivity (Wildman–Crippen MR) is 76.4 cm³/mol. The molecule has 0 saturated carbocycles. The van der Waals surface area contributed by atoms with E-state index in [1.807, 2.05) is 4.68 Å². The first-order valence-electron chi connectivity index (χ1n) is 6.48. The van der Waals surface area contributed by atoms with Crippen LogP contribution >= 0.6 is 0 Å². The summed E-state index contributed by atoms with van der Waals surface area (Å²) in [6.45, 7) is 6.23. The van der Waals surface area contributed by atoms with Crippen LogP contribution in [0.4, 0.5) is 0 Å². The first kappa shape index (κ1) is 13.6. The minimum Gasteiger partial charge on any atom is -0.493 e. The highest BCUT2D eigenvalue weighted by Crippen LogP contribution is 2.30. The van der Waals surface area contributed by atoms with Gasteiger partial charge in [0.15, 0.2) is 5.75 Å². The number of hydrogen-bond donors (Lipinski definition) is 1. The Morgan fingerprint density at radius 3 is 2.37 bits per heavy atom. The van der Waals surface area contributed by atoms with Gasteiger partial charge >= 0.3 is 0 Å². The molecule has 4 heteroatoms. The molecule has 0 saturated heterocycles. The van der Waals surface area contributed by atoms with Gasteiger partial charge < -0.3 is 10.5 Å². The molecule has 0 aliphatic heterocycles. The summed E-state index contributed by atoms with van der Waals surface area (Å²) >= 11 is 0. The predicted octanol–water partition coefficient (Wildman–Crippen LogP) is 2.83. The smallest absolute Gasteiger partial charge is 0.161 e. The molecule has 0 amide bonds. The van der Waals surface area contributed by atoms with Gasteiger partial charge in [0.05, 0.1) is 19.3 Å². The molecule has 1 atom stereocenters. The zero-order chi connectivity index (χ0) is 14.0. The Balaban J connectivity index is 2.44. The number of aryl methyl sites for hydroxylation is 1. The molecule has 2 rings (SSSR count). The summed E-state index contributed by atoms with van der Waals surface area (Å²) in [5.74, 6) is 0.738. The largest absolute Gasteiger partial charge is 0.493 e. The molecule has 2 aromatic rings. The van der Waals surface area contributed by atoms with Gasteiger partial charge in [-0.3, -0.25) is 4.68 Å². The fourth-order valence-corrected chi connectivity index (χ4v) is 2.15. The molecule has 102 valence electrons. The minimum absolute atomic E-state index is 0.236. The normalized spacial score (nSPS) is 12.7. The van der Waals surface area contributed by atoms with Gasteiger partial charge in [0.25, 0.3) is 0 Å². The molecule has 1 aromatic heterocycles. The lowest BCUT2D eigenvalue weighted by Crippen LogP contribution is -2.19. The quantitative estimate of drug-likeness (QED) is 0.918. The first-order valence-corrected chi connectivity index (χ1v) is 6.48. The van der Waals surface area contributed by atoms with Crippen molar-refractivity contribution < 1.29 is 4.74 Å². The standard InChI is InChI=1S/C15H21N3O/c1-10(2)18-15(13(19-4)9-17-18)14(16)12-7-5-11(3)6-8-12/h5-10,14H,16H2,1-4H3. The fourth-order valence-electron chi connectivity index (χ4n) is 2.15. The maximum absolute atomic E-state index is 6.38. The Bertz CT molecular complexity index is 543. The molecular weight excluding hydrogens is 238 g/mol. The lowest BCUT2D eigenvalue weighted by molar-refractivity contribution is 0.401. The van der Waals surface area contributed by atoms with E-state index in [0.29, 0.717) is 0 Å². The molecule has 1 aromatic carbocycles. The third-order valence-electron chi connectivity index (χ3n) is 3.24. The molecule has 4 nitrogen and oxygen atoms in total. The van der Waals surface area contributed by atoms with Crippen LogP contribution in [0.15, 0.2) is 30.5 Å². The number of hydrogen-bond acceptors (Lipinski definition) is 3. The van der Waals surface area contributed by atoms with Crippen LogP contribution in [-0.4, -0.2) is 16.9 Å². The monoisotopic (exact) mass is 259 g/mol. The van der Waals surface area contributed by atoms with Crippen molar-refractivity contribution in [1.29, 1.82) is 0 Å². The lowest BCUT2D eigenvalue weighted by Gasteiger charge is -2.18. The van der Waals surface area contributed by atoms with Gasteiger partial charge in [-0.1, -0.05) is 29.8 Å². The van der Waals surface area contributed by atoms with Crippen molar-refractivity contribution in [3.05, 3.63) is 47.3 Å². The molecule has 0 bridgehead atoms. The molecule has 0 fully saturated rings. The fraction of sp³-hybridized carbons (Fsp3) is 0.400. The number of nitrogens with zero attached hydrogens (tertiary/aromatic N) is 2. The van der Waals surface area contributed by atoms with Crippen molar-refractivity contribution in [3.63, 3.8) is 0 Å².